The molecule has 0 aliphatic heterocycles. The van der Waals surface area contributed by atoms with Crippen molar-refractivity contribution in [3.63, 3.8) is 0 Å². The van der Waals surface area contributed by atoms with Crippen LogP contribution in [0.1, 0.15) is 25.5 Å². The Morgan fingerprint density at radius 1 is 1.25 bits per heavy atom. The van der Waals surface area contributed by atoms with Crippen LogP contribution in [0.15, 0.2) is 52.9 Å². The van der Waals surface area contributed by atoms with E-state index in [1.165, 1.54) is 22.2 Å². The molecule has 0 aliphatic rings. The highest BCUT2D eigenvalue weighted by Crippen LogP contribution is 2.21. The van der Waals surface area contributed by atoms with Crippen LogP contribution in [-0.2, 0) is 11.3 Å². The minimum absolute atomic E-state index is 0.0341. The van der Waals surface area contributed by atoms with Crippen LogP contribution >= 0.6 is 11.3 Å². The number of aromatic nitrogens is 2. The van der Waals surface area contributed by atoms with Crippen molar-refractivity contribution in [3.8, 4) is 0 Å². The number of carbonyl (C=O) groups is 1. The molecule has 1 atom stereocenters. The lowest BCUT2D eigenvalue weighted by Crippen LogP contribution is -2.36. The molecule has 0 spiro atoms. The zero-order chi connectivity index (χ0) is 17.1. The fraction of sp³-hybridized carbons (Fsp3) is 0.278. The molecule has 2 heterocycles. The van der Waals surface area contributed by atoms with Crippen molar-refractivity contribution in [2.45, 2.75) is 26.4 Å². The molecular weight excluding hydrogens is 322 g/mol. The van der Waals surface area contributed by atoms with Gasteiger partial charge in [0.1, 0.15) is 11.4 Å². The van der Waals surface area contributed by atoms with Crippen LogP contribution in [0.4, 0.5) is 0 Å². The van der Waals surface area contributed by atoms with Crippen molar-refractivity contribution in [2.75, 3.05) is 0 Å². The lowest BCUT2D eigenvalue weighted by atomic mass is 9.96. The molecule has 1 aromatic carbocycles. The molecule has 0 radical (unpaired) electrons. The van der Waals surface area contributed by atoms with Gasteiger partial charge in [-0.15, -0.1) is 11.3 Å². The highest BCUT2D eigenvalue weighted by Gasteiger charge is 2.18. The first-order valence-corrected chi connectivity index (χ1v) is 8.71. The summed E-state index contributed by atoms with van der Waals surface area (Å²) in [6, 6.07) is 11.5. The van der Waals surface area contributed by atoms with E-state index in [1.54, 1.807) is 6.07 Å². The van der Waals surface area contributed by atoms with Crippen molar-refractivity contribution in [2.24, 2.45) is 5.92 Å². The summed E-state index contributed by atoms with van der Waals surface area (Å²) in [5.41, 5.74) is 0.872. The van der Waals surface area contributed by atoms with Crippen molar-refractivity contribution < 1.29 is 4.79 Å². The maximum Gasteiger partial charge on any atom is 0.262 e. The Hall–Kier alpha value is -2.47. The molecule has 1 N–H and O–H groups in total. The number of carbonyl (C=O) groups excluding carboxylic acids is 1. The molecular formula is C18H19N3O2S. The molecule has 24 heavy (non-hydrogen) atoms. The largest absolute Gasteiger partial charge is 0.347 e. The Labute approximate surface area is 144 Å². The summed E-state index contributed by atoms with van der Waals surface area (Å²) >= 11 is 1.42. The monoisotopic (exact) mass is 341 g/mol. The van der Waals surface area contributed by atoms with Crippen molar-refractivity contribution >= 4 is 27.5 Å². The number of rotatable bonds is 5. The number of nitrogens with zero attached hydrogens (tertiary/aromatic N) is 2. The van der Waals surface area contributed by atoms with Gasteiger partial charge in [-0.25, -0.2) is 4.98 Å². The normalized spacial score (nSPS) is 12.5. The smallest absolute Gasteiger partial charge is 0.262 e. The molecule has 0 fully saturated rings. The van der Waals surface area contributed by atoms with E-state index in [-0.39, 0.29) is 30.0 Å². The second-order valence-corrected chi connectivity index (χ2v) is 6.91. The third kappa shape index (κ3) is 3.38. The van der Waals surface area contributed by atoms with E-state index in [4.69, 9.17) is 0 Å². The Bertz CT molecular complexity index is 899. The first-order valence-electron chi connectivity index (χ1n) is 7.83. The quantitative estimate of drug-likeness (QED) is 0.776. The van der Waals surface area contributed by atoms with Crippen molar-refractivity contribution in [1.82, 2.24) is 14.9 Å². The van der Waals surface area contributed by atoms with Gasteiger partial charge in [0.15, 0.2) is 0 Å². The number of benzene rings is 1. The van der Waals surface area contributed by atoms with Gasteiger partial charge < -0.3 is 5.32 Å². The zero-order valence-corrected chi connectivity index (χ0v) is 14.4. The summed E-state index contributed by atoms with van der Waals surface area (Å²) in [7, 11) is 0. The van der Waals surface area contributed by atoms with Gasteiger partial charge in [0.2, 0.25) is 5.91 Å². The Morgan fingerprint density at radius 2 is 2.00 bits per heavy atom. The number of hydrogen-bond donors (Lipinski definition) is 1. The molecule has 124 valence electrons. The molecule has 0 saturated carbocycles. The highest BCUT2D eigenvalue weighted by molar-refractivity contribution is 7.16. The third-order valence-corrected chi connectivity index (χ3v) is 4.73. The van der Waals surface area contributed by atoms with Crippen molar-refractivity contribution in [3.05, 3.63) is 64.0 Å². The zero-order valence-electron chi connectivity index (χ0n) is 13.6. The van der Waals surface area contributed by atoms with E-state index in [2.05, 4.69) is 24.1 Å². The Morgan fingerprint density at radius 3 is 2.71 bits per heavy atom. The van der Waals surface area contributed by atoms with Crippen LogP contribution in [0, 0.1) is 5.92 Å². The second kappa shape index (κ2) is 6.97. The van der Waals surface area contributed by atoms with Gasteiger partial charge >= 0.3 is 0 Å². The average molecular weight is 341 g/mol. The molecule has 1 amide bonds. The topological polar surface area (TPSA) is 64.0 Å². The molecule has 6 heteroatoms. The standard InChI is InChI=1S/C18H19N3O2S/c1-12(2)16(13-6-4-3-5-7-13)20-15(22)10-21-11-19-17-14(18(21)23)8-9-24-17/h3-9,11-12,16H,10H2,1-2H3,(H,20,22). The van der Waals surface area contributed by atoms with Crippen LogP contribution < -0.4 is 10.9 Å². The summed E-state index contributed by atoms with van der Waals surface area (Å²) in [6.07, 6.45) is 1.44. The van der Waals surface area contributed by atoms with E-state index < -0.39 is 0 Å². The van der Waals surface area contributed by atoms with E-state index in [0.717, 1.165) is 5.56 Å². The van der Waals surface area contributed by atoms with Crippen LogP contribution in [0.3, 0.4) is 0 Å². The predicted octanol–water partition coefficient (Wildman–Crippen LogP) is 2.97. The summed E-state index contributed by atoms with van der Waals surface area (Å²) in [5.74, 6) is 0.0431. The van der Waals surface area contributed by atoms with Crippen LogP contribution in [0.2, 0.25) is 0 Å². The molecule has 0 saturated heterocycles. The van der Waals surface area contributed by atoms with E-state index >= 15 is 0 Å². The highest BCUT2D eigenvalue weighted by atomic mass is 32.1. The average Bonchev–Trinajstić information content (AvgIpc) is 3.05. The molecule has 3 rings (SSSR count). The summed E-state index contributed by atoms with van der Waals surface area (Å²) < 4.78 is 1.35. The second-order valence-electron chi connectivity index (χ2n) is 6.02. The number of thiophene rings is 1. The van der Waals surface area contributed by atoms with E-state index in [9.17, 15) is 9.59 Å². The molecule has 0 aliphatic carbocycles. The fourth-order valence-electron chi connectivity index (χ4n) is 2.68. The summed E-state index contributed by atoms with van der Waals surface area (Å²) in [5, 5.41) is 5.41. The van der Waals surface area contributed by atoms with Gasteiger partial charge in [-0.3, -0.25) is 14.2 Å². The number of amides is 1. The molecule has 0 bridgehead atoms. The maximum absolute atomic E-state index is 12.4. The number of nitrogens with one attached hydrogen (secondary N) is 1. The van der Waals surface area contributed by atoms with Crippen molar-refractivity contribution in [1.29, 1.82) is 0 Å². The first-order chi connectivity index (χ1) is 11.6. The van der Waals surface area contributed by atoms with Gasteiger partial charge in [-0.05, 0) is 22.9 Å². The third-order valence-electron chi connectivity index (χ3n) is 3.91. The fourth-order valence-corrected chi connectivity index (χ4v) is 3.40. The first kappa shape index (κ1) is 16.4. The Balaban J connectivity index is 1.78. The Kier molecular flexibility index (Phi) is 4.76. The summed E-state index contributed by atoms with van der Waals surface area (Å²) in [4.78, 5) is 29.7. The minimum atomic E-state index is -0.198. The van der Waals surface area contributed by atoms with Gasteiger partial charge in [-0.2, -0.15) is 0 Å². The van der Waals surface area contributed by atoms with E-state index in [1.807, 2.05) is 35.7 Å². The molecule has 5 nitrogen and oxygen atoms in total. The summed E-state index contributed by atoms with van der Waals surface area (Å²) in [6.45, 7) is 4.08. The van der Waals surface area contributed by atoms with Gasteiger partial charge in [0, 0.05) is 0 Å². The van der Waals surface area contributed by atoms with Crippen LogP contribution in [-0.4, -0.2) is 15.5 Å². The van der Waals surface area contributed by atoms with Crippen LogP contribution in [0.5, 0.6) is 0 Å². The van der Waals surface area contributed by atoms with Gasteiger partial charge in [0.05, 0.1) is 17.8 Å². The molecule has 1 unspecified atom stereocenters. The van der Waals surface area contributed by atoms with E-state index in [0.29, 0.717) is 10.2 Å². The van der Waals surface area contributed by atoms with Crippen LogP contribution in [0.25, 0.3) is 10.2 Å². The molecule has 3 aromatic rings. The predicted molar refractivity (Wildman–Crippen MR) is 96.0 cm³/mol. The lowest BCUT2D eigenvalue weighted by molar-refractivity contribution is -0.122. The number of fused-ring (bicyclic) bond motifs is 1. The minimum Gasteiger partial charge on any atom is -0.347 e. The lowest BCUT2D eigenvalue weighted by Gasteiger charge is -2.23. The van der Waals surface area contributed by atoms with Gasteiger partial charge in [-0.1, -0.05) is 44.2 Å². The van der Waals surface area contributed by atoms with Gasteiger partial charge in [0.25, 0.3) is 5.56 Å². The maximum atomic E-state index is 12.4. The SMILES string of the molecule is CC(C)C(NC(=O)Cn1cnc2sccc2c1=O)c1ccccc1. The number of hydrogen-bond acceptors (Lipinski definition) is 4. The molecule has 2 aromatic heterocycles.